The predicted octanol–water partition coefficient (Wildman–Crippen LogP) is 4.50. The summed E-state index contributed by atoms with van der Waals surface area (Å²) in [5.41, 5.74) is 5.92. The van der Waals surface area contributed by atoms with Crippen molar-refractivity contribution in [2.45, 2.75) is 11.6 Å². The van der Waals surface area contributed by atoms with Gasteiger partial charge in [-0.25, -0.2) is 18.0 Å². The van der Waals surface area contributed by atoms with E-state index in [1.54, 1.807) is 12.1 Å². The molecule has 30 heavy (non-hydrogen) atoms. The molecule has 0 radical (unpaired) electrons. The number of carbonyl (C=O) groups is 1. The van der Waals surface area contributed by atoms with Gasteiger partial charge in [0.05, 0.1) is 0 Å². The summed E-state index contributed by atoms with van der Waals surface area (Å²) in [4.78, 5) is 14.4. The number of hydrogen-bond acceptors (Lipinski definition) is 3. The molecule has 4 rings (SSSR count). The van der Waals surface area contributed by atoms with E-state index in [-0.39, 0.29) is 13.1 Å². The Balaban J connectivity index is 2.00. The van der Waals surface area contributed by atoms with Crippen LogP contribution in [0.2, 0.25) is 0 Å². The highest BCUT2D eigenvalue weighted by molar-refractivity contribution is 5.74. The van der Waals surface area contributed by atoms with Crippen molar-refractivity contribution in [3.63, 3.8) is 0 Å². The molecule has 1 fully saturated rings. The van der Waals surface area contributed by atoms with E-state index in [1.807, 2.05) is 0 Å². The van der Waals surface area contributed by atoms with Crippen LogP contribution in [0.15, 0.2) is 72.8 Å². The summed E-state index contributed by atoms with van der Waals surface area (Å²) < 4.78 is 46.9. The molecule has 1 amide bonds. The zero-order chi connectivity index (χ0) is 21.3. The smallest absolute Gasteiger partial charge is 0.411 e. The first kappa shape index (κ1) is 20.0. The van der Waals surface area contributed by atoms with Crippen molar-refractivity contribution in [2.75, 3.05) is 13.1 Å². The monoisotopic (exact) mass is 412 g/mol. The van der Waals surface area contributed by atoms with E-state index < -0.39 is 35.2 Å². The van der Waals surface area contributed by atoms with Gasteiger partial charge < -0.3 is 10.5 Å². The lowest BCUT2D eigenvalue weighted by Crippen LogP contribution is -2.39. The minimum Gasteiger partial charge on any atom is -0.430 e. The number of ether oxygens (including phenoxy) is 1. The first-order chi connectivity index (χ1) is 14.5. The van der Waals surface area contributed by atoms with Gasteiger partial charge in [0, 0.05) is 24.2 Å². The number of hydrogen-bond donors (Lipinski definition) is 1. The quantitative estimate of drug-likeness (QED) is 0.671. The molecule has 3 aromatic carbocycles. The van der Waals surface area contributed by atoms with Crippen molar-refractivity contribution in [1.29, 1.82) is 0 Å². The van der Waals surface area contributed by atoms with Crippen LogP contribution in [-0.2, 0) is 10.3 Å². The lowest BCUT2D eigenvalue weighted by Gasteiger charge is -2.36. The Labute approximate surface area is 171 Å². The van der Waals surface area contributed by atoms with E-state index in [0.29, 0.717) is 16.7 Å². The Morgan fingerprint density at radius 1 is 0.800 bits per heavy atom. The van der Waals surface area contributed by atoms with E-state index in [1.165, 1.54) is 65.6 Å². The Morgan fingerprint density at radius 3 is 1.67 bits per heavy atom. The van der Waals surface area contributed by atoms with E-state index >= 15 is 0 Å². The number of benzene rings is 3. The van der Waals surface area contributed by atoms with Crippen LogP contribution in [0.3, 0.4) is 0 Å². The maximum absolute atomic E-state index is 13.7. The van der Waals surface area contributed by atoms with Crippen LogP contribution in [0.4, 0.5) is 18.0 Å². The fourth-order valence-corrected chi connectivity index (χ4v) is 3.99. The summed E-state index contributed by atoms with van der Waals surface area (Å²) in [6.07, 6.45) is -0.622. The summed E-state index contributed by atoms with van der Waals surface area (Å²) >= 11 is 0. The third-order valence-electron chi connectivity index (χ3n) is 5.28. The summed E-state index contributed by atoms with van der Waals surface area (Å²) in [6, 6.07) is 16.1. The number of halogens is 3. The van der Waals surface area contributed by atoms with Crippen molar-refractivity contribution in [3.05, 3.63) is 107 Å². The molecule has 0 aliphatic carbocycles. The second-order valence-electron chi connectivity index (χ2n) is 7.05. The average molecular weight is 412 g/mol. The Hall–Kier alpha value is -3.32. The molecule has 0 saturated carbocycles. The van der Waals surface area contributed by atoms with Crippen molar-refractivity contribution < 1.29 is 22.7 Å². The van der Waals surface area contributed by atoms with E-state index in [0.717, 1.165) is 0 Å². The molecule has 2 N–H and O–H groups in total. The normalized spacial score (nSPS) is 17.8. The zero-order valence-corrected chi connectivity index (χ0v) is 15.9. The molecule has 1 aliphatic rings. The van der Waals surface area contributed by atoms with Gasteiger partial charge in [0.1, 0.15) is 23.5 Å². The third-order valence-corrected chi connectivity index (χ3v) is 5.28. The van der Waals surface area contributed by atoms with Crippen molar-refractivity contribution in [3.8, 4) is 0 Å². The van der Waals surface area contributed by atoms with Gasteiger partial charge in [-0.2, -0.15) is 0 Å². The van der Waals surface area contributed by atoms with Gasteiger partial charge in [0.25, 0.3) is 0 Å². The van der Waals surface area contributed by atoms with E-state index in [9.17, 15) is 18.0 Å². The summed E-state index contributed by atoms with van der Waals surface area (Å²) in [5.74, 6) is -1.33. The van der Waals surface area contributed by atoms with Crippen LogP contribution < -0.4 is 5.73 Å². The number of cyclic esters (lactones) is 1. The highest BCUT2D eigenvalue weighted by Crippen LogP contribution is 2.52. The SMILES string of the molecule is NCCN1C(=O)OC(c2ccc(F)cc2)(c2ccc(F)cc2)C1c1ccc(F)cc1. The minimum atomic E-state index is -1.41. The number of nitrogens with zero attached hydrogens (tertiary/aromatic N) is 1. The van der Waals surface area contributed by atoms with Crippen molar-refractivity contribution in [1.82, 2.24) is 4.90 Å². The average Bonchev–Trinajstić information content (AvgIpc) is 3.03. The van der Waals surface area contributed by atoms with Gasteiger partial charge in [-0.05, 0) is 42.0 Å². The van der Waals surface area contributed by atoms with Crippen LogP contribution in [0.5, 0.6) is 0 Å². The van der Waals surface area contributed by atoms with Crippen LogP contribution in [-0.4, -0.2) is 24.1 Å². The lowest BCUT2D eigenvalue weighted by atomic mass is 9.77. The molecule has 154 valence electrons. The maximum Gasteiger partial charge on any atom is 0.411 e. The largest absolute Gasteiger partial charge is 0.430 e. The third kappa shape index (κ3) is 3.31. The van der Waals surface area contributed by atoms with Crippen molar-refractivity contribution >= 4 is 6.09 Å². The van der Waals surface area contributed by atoms with Gasteiger partial charge >= 0.3 is 6.09 Å². The molecule has 0 bridgehead atoms. The molecule has 1 unspecified atom stereocenters. The molecule has 1 heterocycles. The highest BCUT2D eigenvalue weighted by Gasteiger charge is 2.56. The fourth-order valence-electron chi connectivity index (χ4n) is 3.99. The van der Waals surface area contributed by atoms with E-state index in [2.05, 4.69) is 0 Å². The molecule has 1 aliphatic heterocycles. The van der Waals surface area contributed by atoms with Gasteiger partial charge in [0.2, 0.25) is 0 Å². The minimum absolute atomic E-state index is 0.176. The molecule has 4 nitrogen and oxygen atoms in total. The molecule has 0 aromatic heterocycles. The Morgan fingerprint density at radius 2 is 1.23 bits per heavy atom. The molecule has 3 aromatic rings. The second-order valence-corrected chi connectivity index (χ2v) is 7.05. The standard InChI is InChI=1S/C23H19F3N2O2/c24-18-7-1-15(2-8-18)21-23(16-3-9-19(25)10-4-16,17-5-11-20(26)12-6-17)30-22(29)28(21)14-13-27/h1-12,21H,13-14,27H2. The van der Waals surface area contributed by atoms with Crippen LogP contribution in [0.1, 0.15) is 22.7 Å². The van der Waals surface area contributed by atoms with Crippen LogP contribution in [0.25, 0.3) is 0 Å². The molecular formula is C23H19F3N2O2. The number of nitrogens with two attached hydrogens (primary N) is 1. The molecule has 1 atom stereocenters. The van der Waals surface area contributed by atoms with Gasteiger partial charge in [-0.15, -0.1) is 0 Å². The van der Waals surface area contributed by atoms with Crippen molar-refractivity contribution in [2.24, 2.45) is 5.73 Å². The molecule has 7 heteroatoms. The highest BCUT2D eigenvalue weighted by atomic mass is 19.1. The number of amides is 1. The predicted molar refractivity (Wildman–Crippen MR) is 105 cm³/mol. The van der Waals surface area contributed by atoms with Crippen LogP contribution in [0, 0.1) is 17.5 Å². The second kappa shape index (κ2) is 7.84. The number of carbonyl (C=O) groups excluding carboxylic acids is 1. The van der Waals surface area contributed by atoms with Crippen LogP contribution >= 0.6 is 0 Å². The summed E-state index contributed by atoms with van der Waals surface area (Å²) in [5, 5.41) is 0. The first-order valence-electron chi connectivity index (χ1n) is 9.43. The summed E-state index contributed by atoms with van der Waals surface area (Å²) in [6.45, 7) is 0.362. The number of rotatable bonds is 5. The Kier molecular flexibility index (Phi) is 5.22. The van der Waals surface area contributed by atoms with Gasteiger partial charge in [0.15, 0.2) is 5.60 Å². The molecular weight excluding hydrogens is 393 g/mol. The fraction of sp³-hybridized carbons (Fsp3) is 0.174. The topological polar surface area (TPSA) is 55.6 Å². The zero-order valence-electron chi connectivity index (χ0n) is 15.9. The van der Waals surface area contributed by atoms with E-state index in [4.69, 9.17) is 10.5 Å². The Bertz CT molecular complexity index is 992. The molecule has 0 spiro atoms. The van der Waals surface area contributed by atoms with Gasteiger partial charge in [-0.1, -0.05) is 36.4 Å². The summed E-state index contributed by atoms with van der Waals surface area (Å²) in [7, 11) is 0. The van der Waals surface area contributed by atoms with Gasteiger partial charge in [-0.3, -0.25) is 4.90 Å². The first-order valence-corrected chi connectivity index (χ1v) is 9.43. The lowest BCUT2D eigenvalue weighted by molar-refractivity contribution is 0.0672. The maximum atomic E-state index is 13.7. The molecule has 1 saturated heterocycles.